The molecule has 4 heteroatoms. The summed E-state index contributed by atoms with van der Waals surface area (Å²) in [6.45, 7) is 0. The second kappa shape index (κ2) is 5.43. The summed E-state index contributed by atoms with van der Waals surface area (Å²) >= 11 is -1.15. The largest absolute Gasteiger partial charge is 0.593 e. The van der Waals surface area contributed by atoms with Crippen LogP contribution in [0.5, 0.6) is 5.75 Å². The Morgan fingerprint density at radius 3 is 2.64 bits per heavy atom. The Hall–Kier alpha value is -1.31. The minimum atomic E-state index is -1.15. The van der Waals surface area contributed by atoms with Crippen molar-refractivity contribution in [2.45, 2.75) is 6.42 Å². The van der Waals surface area contributed by atoms with Gasteiger partial charge in [0, 0.05) is 0 Å². The first-order chi connectivity index (χ1) is 6.72. The van der Waals surface area contributed by atoms with Crippen LogP contribution in [0, 0.1) is 12.3 Å². The van der Waals surface area contributed by atoms with Crippen molar-refractivity contribution in [2.75, 3.05) is 10.5 Å². The van der Waals surface area contributed by atoms with Gasteiger partial charge in [0.05, 0.1) is 23.5 Å². The molecular formula is C10H11NO2S. The maximum absolute atomic E-state index is 11.3. The molecule has 0 fully saturated rings. The summed E-state index contributed by atoms with van der Waals surface area (Å²) in [6, 6.07) is 6.37. The molecule has 1 aromatic rings. The van der Waals surface area contributed by atoms with Crippen LogP contribution in [-0.4, -0.2) is 15.4 Å². The monoisotopic (exact) mass is 209 g/mol. The highest BCUT2D eigenvalue weighted by Crippen LogP contribution is 2.15. The average molecular weight is 209 g/mol. The number of rotatable bonds is 4. The highest BCUT2D eigenvalue weighted by molar-refractivity contribution is 7.92. The maximum atomic E-state index is 11.3. The average Bonchev–Trinajstić information content (AvgIpc) is 2.18. The molecule has 0 spiro atoms. The summed E-state index contributed by atoms with van der Waals surface area (Å²) < 4.78 is 14.1. The van der Waals surface area contributed by atoms with E-state index < -0.39 is 11.4 Å². The Morgan fingerprint density at radius 1 is 1.43 bits per heavy atom. The molecule has 0 radical (unpaired) electrons. The SMILES string of the molecule is C#CCC[S+]([O-])Nc1ccc(O)cc1. The molecule has 0 aliphatic heterocycles. The number of terminal acetylenes is 1. The fourth-order valence-corrected chi connectivity index (χ4v) is 1.67. The lowest BCUT2D eigenvalue weighted by atomic mass is 10.3. The second-order valence-corrected chi connectivity index (χ2v) is 3.96. The number of nitrogens with one attached hydrogen (secondary N) is 1. The molecule has 0 saturated heterocycles. The molecule has 0 saturated carbocycles. The van der Waals surface area contributed by atoms with Crippen molar-refractivity contribution in [3.63, 3.8) is 0 Å². The highest BCUT2D eigenvalue weighted by Gasteiger charge is 2.04. The van der Waals surface area contributed by atoms with E-state index >= 15 is 0 Å². The Kier molecular flexibility index (Phi) is 4.17. The van der Waals surface area contributed by atoms with Gasteiger partial charge >= 0.3 is 0 Å². The number of benzene rings is 1. The predicted octanol–water partition coefficient (Wildman–Crippen LogP) is 1.49. The van der Waals surface area contributed by atoms with Crippen LogP contribution in [0.15, 0.2) is 24.3 Å². The van der Waals surface area contributed by atoms with Crippen molar-refractivity contribution >= 4 is 17.0 Å². The van der Waals surface area contributed by atoms with E-state index in [1.165, 1.54) is 12.1 Å². The van der Waals surface area contributed by atoms with E-state index in [1.807, 2.05) is 0 Å². The first-order valence-electron chi connectivity index (χ1n) is 4.10. The predicted molar refractivity (Wildman–Crippen MR) is 58.2 cm³/mol. The minimum Gasteiger partial charge on any atom is -0.593 e. The Morgan fingerprint density at radius 2 is 2.07 bits per heavy atom. The van der Waals surface area contributed by atoms with Gasteiger partial charge in [0.15, 0.2) is 0 Å². The van der Waals surface area contributed by atoms with Crippen molar-refractivity contribution < 1.29 is 9.66 Å². The molecule has 1 aromatic carbocycles. The van der Waals surface area contributed by atoms with E-state index in [1.54, 1.807) is 12.1 Å². The van der Waals surface area contributed by atoms with Crippen LogP contribution in [0.1, 0.15) is 6.42 Å². The highest BCUT2D eigenvalue weighted by atomic mass is 32.2. The molecule has 14 heavy (non-hydrogen) atoms. The third-order valence-electron chi connectivity index (χ3n) is 1.53. The van der Waals surface area contributed by atoms with Gasteiger partial charge in [-0.15, -0.1) is 12.3 Å². The fraction of sp³-hybridized carbons (Fsp3) is 0.200. The zero-order valence-corrected chi connectivity index (χ0v) is 8.38. The molecule has 2 N–H and O–H groups in total. The third kappa shape index (κ3) is 3.60. The molecule has 0 heterocycles. The molecule has 0 aliphatic carbocycles. The van der Waals surface area contributed by atoms with Gasteiger partial charge in [0.1, 0.15) is 11.5 Å². The number of anilines is 1. The number of hydrogen-bond acceptors (Lipinski definition) is 3. The summed E-state index contributed by atoms with van der Waals surface area (Å²) in [7, 11) is 0. The third-order valence-corrected chi connectivity index (χ3v) is 2.57. The molecule has 0 amide bonds. The zero-order chi connectivity index (χ0) is 10.4. The summed E-state index contributed by atoms with van der Waals surface area (Å²) in [4.78, 5) is 0. The first-order valence-corrected chi connectivity index (χ1v) is 5.42. The van der Waals surface area contributed by atoms with Crippen molar-refractivity contribution in [1.82, 2.24) is 0 Å². The molecule has 1 unspecified atom stereocenters. The number of hydrogen-bond donors (Lipinski definition) is 2. The molecule has 0 aliphatic rings. The van der Waals surface area contributed by atoms with Crippen LogP contribution in [-0.2, 0) is 11.4 Å². The van der Waals surface area contributed by atoms with Crippen LogP contribution < -0.4 is 4.72 Å². The topological polar surface area (TPSA) is 55.3 Å². The Bertz CT molecular complexity index is 318. The van der Waals surface area contributed by atoms with Crippen molar-refractivity contribution in [3.05, 3.63) is 24.3 Å². The smallest absolute Gasteiger partial charge is 0.142 e. The normalized spacial score (nSPS) is 11.7. The number of phenols is 1. The Labute approximate surface area is 86.5 Å². The van der Waals surface area contributed by atoms with Crippen molar-refractivity contribution in [3.8, 4) is 18.1 Å². The van der Waals surface area contributed by atoms with E-state index in [0.717, 1.165) is 0 Å². The molecule has 1 rings (SSSR count). The lowest BCUT2D eigenvalue weighted by Gasteiger charge is -2.10. The van der Waals surface area contributed by atoms with Gasteiger partial charge in [-0.25, -0.2) is 4.72 Å². The standard InChI is InChI=1S/C10H11NO2S/c1-2-3-8-14(13)11-9-4-6-10(12)7-5-9/h1,4-7,11-12H,3,8H2. The van der Waals surface area contributed by atoms with Crippen LogP contribution in [0.2, 0.25) is 0 Å². The lowest BCUT2D eigenvalue weighted by Crippen LogP contribution is -2.16. The maximum Gasteiger partial charge on any atom is 0.142 e. The van der Waals surface area contributed by atoms with Crippen molar-refractivity contribution in [1.29, 1.82) is 0 Å². The minimum absolute atomic E-state index is 0.185. The molecule has 0 aromatic heterocycles. The Balaban J connectivity index is 2.44. The van der Waals surface area contributed by atoms with Gasteiger partial charge in [-0.1, -0.05) is 0 Å². The van der Waals surface area contributed by atoms with Crippen LogP contribution in [0.3, 0.4) is 0 Å². The van der Waals surface area contributed by atoms with E-state index in [-0.39, 0.29) is 5.75 Å². The molecule has 74 valence electrons. The molecule has 0 bridgehead atoms. The summed E-state index contributed by atoms with van der Waals surface area (Å²) in [5, 5.41) is 9.00. The van der Waals surface area contributed by atoms with E-state index in [9.17, 15) is 4.55 Å². The summed E-state index contributed by atoms with van der Waals surface area (Å²) in [5.74, 6) is 3.03. The molecule has 1 atom stereocenters. The van der Waals surface area contributed by atoms with Gasteiger partial charge in [0.2, 0.25) is 0 Å². The quantitative estimate of drug-likeness (QED) is 0.449. The fourth-order valence-electron chi connectivity index (χ4n) is 0.864. The van der Waals surface area contributed by atoms with Gasteiger partial charge in [-0.2, -0.15) is 0 Å². The summed E-state index contributed by atoms with van der Waals surface area (Å²) in [6.07, 6.45) is 5.53. The lowest BCUT2D eigenvalue weighted by molar-refractivity contribution is 0.475. The van der Waals surface area contributed by atoms with Crippen LogP contribution in [0.4, 0.5) is 5.69 Å². The van der Waals surface area contributed by atoms with E-state index in [0.29, 0.717) is 17.9 Å². The first kappa shape index (κ1) is 10.8. The molecule has 3 nitrogen and oxygen atoms in total. The van der Waals surface area contributed by atoms with Crippen LogP contribution in [0.25, 0.3) is 0 Å². The van der Waals surface area contributed by atoms with E-state index in [2.05, 4.69) is 10.6 Å². The number of aromatic hydroxyl groups is 1. The van der Waals surface area contributed by atoms with Gasteiger partial charge in [-0.05, 0) is 24.3 Å². The van der Waals surface area contributed by atoms with E-state index in [4.69, 9.17) is 11.5 Å². The van der Waals surface area contributed by atoms with Gasteiger partial charge in [0.25, 0.3) is 0 Å². The summed E-state index contributed by atoms with van der Waals surface area (Å²) in [5.41, 5.74) is 0.707. The molecular weight excluding hydrogens is 198 g/mol. The van der Waals surface area contributed by atoms with Crippen LogP contribution >= 0.6 is 0 Å². The van der Waals surface area contributed by atoms with Crippen molar-refractivity contribution in [2.24, 2.45) is 0 Å². The second-order valence-electron chi connectivity index (χ2n) is 2.65. The number of phenolic OH excluding ortho intramolecular Hbond substituents is 1. The zero-order valence-electron chi connectivity index (χ0n) is 7.56. The van der Waals surface area contributed by atoms with Gasteiger partial charge < -0.3 is 9.66 Å². The van der Waals surface area contributed by atoms with Gasteiger partial charge in [-0.3, -0.25) is 0 Å².